The van der Waals surface area contributed by atoms with Crippen molar-refractivity contribution < 1.29 is 39.8 Å². The van der Waals surface area contributed by atoms with Gasteiger partial charge in [0.05, 0.1) is 25.4 Å². The van der Waals surface area contributed by atoms with E-state index in [-0.39, 0.29) is 12.5 Å². The lowest BCUT2D eigenvalue weighted by molar-refractivity contribution is -0.302. The van der Waals surface area contributed by atoms with Crippen molar-refractivity contribution in [3.05, 3.63) is 12.2 Å². The first-order valence-corrected chi connectivity index (χ1v) is 38.4. The predicted molar refractivity (Wildman–Crippen MR) is 364 cm³/mol. The number of rotatable bonds is 69. The maximum atomic E-state index is 13.1. The van der Waals surface area contributed by atoms with Crippen molar-refractivity contribution in [3.63, 3.8) is 0 Å². The minimum Gasteiger partial charge on any atom is -0.394 e. The van der Waals surface area contributed by atoms with Crippen LogP contribution in [-0.2, 0) is 14.3 Å². The molecule has 6 N–H and O–H groups in total. The number of allylic oxidation sites excluding steroid dienone is 1. The summed E-state index contributed by atoms with van der Waals surface area (Å²) in [6.45, 7) is 3.85. The molecule has 1 aliphatic heterocycles. The minimum absolute atomic E-state index is 0.166. The van der Waals surface area contributed by atoms with Crippen LogP contribution in [0.25, 0.3) is 0 Å². The summed E-state index contributed by atoms with van der Waals surface area (Å²) in [6.07, 6.45) is 79.3. The lowest BCUT2D eigenvalue weighted by Gasteiger charge is -2.40. The summed E-state index contributed by atoms with van der Waals surface area (Å²) in [5, 5.41) is 54.8. The van der Waals surface area contributed by atoms with Crippen LogP contribution in [0.2, 0.25) is 0 Å². The summed E-state index contributed by atoms with van der Waals surface area (Å²) in [5.41, 5.74) is 0. The van der Waals surface area contributed by atoms with Gasteiger partial charge in [0.2, 0.25) is 5.91 Å². The second kappa shape index (κ2) is 65.9. The van der Waals surface area contributed by atoms with Crippen molar-refractivity contribution in [3.8, 4) is 0 Å². The fraction of sp³-hybridized carbons (Fsp3) is 0.961. The number of amides is 1. The fourth-order valence-corrected chi connectivity index (χ4v) is 12.9. The van der Waals surface area contributed by atoms with E-state index >= 15 is 0 Å². The highest BCUT2D eigenvalue weighted by Crippen LogP contribution is 2.24. The highest BCUT2D eigenvalue weighted by Gasteiger charge is 2.44. The Morgan fingerprint density at radius 2 is 0.647 bits per heavy atom. The SMILES string of the molecule is CCCCCCCCCCCCCCCCCCCCCC/C=C/C(O)C(COC1OC(CO)C(O)C(O)C1O)NC(=O)CCCCCCCCCCCCCCCCCCCCCCCCCCCCCCCCCCCCCCCCCC. The van der Waals surface area contributed by atoms with Crippen LogP contribution in [0.15, 0.2) is 12.2 Å². The van der Waals surface area contributed by atoms with E-state index in [9.17, 15) is 30.3 Å². The summed E-state index contributed by atoms with van der Waals surface area (Å²) in [6, 6.07) is -0.802. The third-order valence-electron chi connectivity index (χ3n) is 18.9. The van der Waals surface area contributed by atoms with E-state index in [1.54, 1.807) is 6.08 Å². The Bertz CT molecular complexity index is 1350. The van der Waals surface area contributed by atoms with Crippen LogP contribution < -0.4 is 5.32 Å². The smallest absolute Gasteiger partial charge is 0.220 e. The van der Waals surface area contributed by atoms with Gasteiger partial charge in [0.1, 0.15) is 24.4 Å². The van der Waals surface area contributed by atoms with Gasteiger partial charge >= 0.3 is 0 Å². The van der Waals surface area contributed by atoms with Gasteiger partial charge in [-0.1, -0.05) is 398 Å². The standard InChI is InChI=1S/C76H149NO8/c1-3-5-7-9-11-13-15-17-19-21-23-25-27-28-29-30-31-32-33-34-35-36-37-38-39-40-41-42-43-44-46-48-50-52-54-56-58-60-62-64-66-72(80)77-69(68-84-76-75(83)74(82)73(81)71(67-78)85-76)70(79)65-63-61-59-57-55-53-51-49-47-45-26-24-22-20-18-16-14-12-10-8-6-4-2/h63,65,69-71,73-76,78-79,81-83H,3-62,64,66-68H2,1-2H3,(H,77,80)/b65-63+. The molecule has 506 valence electrons. The van der Waals surface area contributed by atoms with Crippen LogP contribution in [0.5, 0.6) is 0 Å². The quantitative estimate of drug-likeness (QED) is 0.0261. The van der Waals surface area contributed by atoms with Gasteiger partial charge < -0.3 is 40.3 Å². The van der Waals surface area contributed by atoms with E-state index in [0.29, 0.717) is 6.42 Å². The molecule has 1 heterocycles. The Hall–Kier alpha value is -1.07. The molecule has 1 aliphatic rings. The van der Waals surface area contributed by atoms with Crippen LogP contribution in [-0.4, -0.2) is 87.5 Å². The fourth-order valence-electron chi connectivity index (χ4n) is 12.9. The number of carbonyl (C=O) groups excluding carboxylic acids is 1. The van der Waals surface area contributed by atoms with Crippen molar-refractivity contribution in [1.29, 1.82) is 0 Å². The van der Waals surface area contributed by atoms with E-state index in [4.69, 9.17) is 9.47 Å². The second-order valence-corrected chi connectivity index (χ2v) is 27.2. The van der Waals surface area contributed by atoms with Gasteiger partial charge in [-0.3, -0.25) is 4.79 Å². The Morgan fingerprint density at radius 3 is 0.918 bits per heavy atom. The molecule has 7 atom stereocenters. The number of unbranched alkanes of at least 4 members (excludes halogenated alkanes) is 59. The monoisotopic (exact) mass is 1200 g/mol. The molecule has 0 aromatic heterocycles. The van der Waals surface area contributed by atoms with Crippen molar-refractivity contribution in [2.45, 2.75) is 455 Å². The molecule has 0 radical (unpaired) electrons. The average Bonchev–Trinajstić information content (AvgIpc) is 3.70. The molecule has 0 bridgehead atoms. The zero-order chi connectivity index (χ0) is 61.4. The van der Waals surface area contributed by atoms with Gasteiger partial charge in [0.25, 0.3) is 0 Å². The van der Waals surface area contributed by atoms with Crippen LogP contribution in [0.3, 0.4) is 0 Å². The molecule has 0 spiro atoms. The topological polar surface area (TPSA) is 149 Å². The maximum Gasteiger partial charge on any atom is 0.220 e. The number of aliphatic hydroxyl groups excluding tert-OH is 5. The lowest BCUT2D eigenvalue weighted by atomic mass is 9.99. The predicted octanol–water partition coefficient (Wildman–Crippen LogP) is 21.4. The second-order valence-electron chi connectivity index (χ2n) is 27.2. The molecule has 7 unspecified atom stereocenters. The number of hydrogen-bond acceptors (Lipinski definition) is 8. The molecule has 0 saturated carbocycles. The third kappa shape index (κ3) is 54.4. The van der Waals surface area contributed by atoms with Crippen LogP contribution >= 0.6 is 0 Å². The molecule has 9 heteroatoms. The van der Waals surface area contributed by atoms with Crippen molar-refractivity contribution in [1.82, 2.24) is 5.32 Å². The van der Waals surface area contributed by atoms with Crippen LogP contribution in [0, 0.1) is 0 Å². The van der Waals surface area contributed by atoms with E-state index < -0.39 is 49.5 Å². The zero-order valence-corrected chi connectivity index (χ0v) is 56.9. The number of ether oxygens (including phenoxy) is 2. The Balaban J connectivity index is 2.03. The molecule has 0 aromatic rings. The molecule has 1 amide bonds. The summed E-state index contributed by atoms with van der Waals surface area (Å²) < 4.78 is 11.3. The highest BCUT2D eigenvalue weighted by molar-refractivity contribution is 5.76. The van der Waals surface area contributed by atoms with Crippen LogP contribution in [0.1, 0.15) is 412 Å². The molecule has 0 aliphatic carbocycles. The zero-order valence-electron chi connectivity index (χ0n) is 56.9. The summed E-state index contributed by atoms with van der Waals surface area (Å²) in [7, 11) is 0. The van der Waals surface area contributed by atoms with Gasteiger partial charge in [-0.15, -0.1) is 0 Å². The normalized spacial score (nSPS) is 18.0. The number of nitrogens with one attached hydrogen (secondary N) is 1. The van der Waals surface area contributed by atoms with Gasteiger partial charge in [-0.2, -0.15) is 0 Å². The highest BCUT2D eigenvalue weighted by atomic mass is 16.7. The molecular weight excluding hydrogens is 1050 g/mol. The van der Waals surface area contributed by atoms with E-state index in [1.807, 2.05) is 6.08 Å². The number of hydrogen-bond donors (Lipinski definition) is 6. The summed E-state index contributed by atoms with van der Waals surface area (Å²) in [5.74, 6) is -0.166. The van der Waals surface area contributed by atoms with Gasteiger partial charge in [-0.25, -0.2) is 0 Å². The first-order valence-electron chi connectivity index (χ1n) is 38.4. The molecule has 1 saturated heterocycles. The van der Waals surface area contributed by atoms with Gasteiger partial charge in [0, 0.05) is 6.42 Å². The first-order chi connectivity index (χ1) is 41.8. The first kappa shape index (κ1) is 81.9. The maximum absolute atomic E-state index is 13.1. The molecule has 1 rings (SSSR count). The lowest BCUT2D eigenvalue weighted by Crippen LogP contribution is -2.60. The molecule has 1 fully saturated rings. The van der Waals surface area contributed by atoms with E-state index in [2.05, 4.69) is 19.2 Å². The minimum atomic E-state index is -1.56. The Labute approximate surface area is 528 Å². The molecule has 9 nitrogen and oxygen atoms in total. The Kier molecular flexibility index (Phi) is 63.5. The van der Waals surface area contributed by atoms with Gasteiger partial charge in [0.15, 0.2) is 6.29 Å². The largest absolute Gasteiger partial charge is 0.394 e. The number of aliphatic hydroxyl groups is 5. The van der Waals surface area contributed by atoms with Crippen LogP contribution in [0.4, 0.5) is 0 Å². The Morgan fingerprint density at radius 1 is 0.388 bits per heavy atom. The summed E-state index contributed by atoms with van der Waals surface area (Å²) in [4.78, 5) is 13.1. The van der Waals surface area contributed by atoms with Crippen molar-refractivity contribution >= 4 is 5.91 Å². The van der Waals surface area contributed by atoms with E-state index in [1.165, 1.54) is 353 Å². The third-order valence-corrected chi connectivity index (χ3v) is 18.9. The summed E-state index contributed by atoms with van der Waals surface area (Å²) >= 11 is 0. The molecule has 0 aromatic carbocycles. The molecular formula is C76H149NO8. The average molecular weight is 1210 g/mol. The van der Waals surface area contributed by atoms with Gasteiger partial charge in [-0.05, 0) is 19.3 Å². The number of carbonyl (C=O) groups is 1. The van der Waals surface area contributed by atoms with Crippen molar-refractivity contribution in [2.75, 3.05) is 13.2 Å². The molecule has 85 heavy (non-hydrogen) atoms. The van der Waals surface area contributed by atoms with Crippen molar-refractivity contribution in [2.24, 2.45) is 0 Å². The van der Waals surface area contributed by atoms with E-state index in [0.717, 1.165) is 38.5 Å².